The fraction of sp³-hybridized carbons (Fsp3) is 0.143. The van der Waals surface area contributed by atoms with Crippen molar-refractivity contribution >= 4 is 11.2 Å². The number of fused-ring (bicyclic) bond motifs is 1. The molecular weight excluding hydrogens is 256 g/mol. The molecule has 100 valence electrons. The predicted molar refractivity (Wildman–Crippen MR) is 72.1 cm³/mol. The number of aryl methyl sites for hydroxylation is 1. The van der Waals surface area contributed by atoms with Crippen LogP contribution in [-0.2, 0) is 6.54 Å². The average Bonchev–Trinajstić information content (AvgIpc) is 3.16. The number of hydrogen-bond acceptors (Lipinski definition) is 4. The van der Waals surface area contributed by atoms with Crippen LogP contribution in [0.25, 0.3) is 22.7 Å². The summed E-state index contributed by atoms with van der Waals surface area (Å²) in [5, 5.41) is 4.30. The van der Waals surface area contributed by atoms with Crippen molar-refractivity contribution < 1.29 is 8.83 Å². The van der Waals surface area contributed by atoms with Crippen LogP contribution < -0.4 is 0 Å². The Bertz CT molecular complexity index is 851. The SMILES string of the molecule is Cc1ccc(-c2nc3c(cnn3Cc3ccco3)[nH]2)o1. The molecule has 4 heterocycles. The lowest BCUT2D eigenvalue weighted by Crippen LogP contribution is -2.00. The van der Waals surface area contributed by atoms with Gasteiger partial charge < -0.3 is 13.8 Å². The Hall–Kier alpha value is -2.76. The maximum absolute atomic E-state index is 5.57. The van der Waals surface area contributed by atoms with E-state index in [1.807, 2.05) is 31.2 Å². The van der Waals surface area contributed by atoms with Crippen molar-refractivity contribution in [3.8, 4) is 11.6 Å². The lowest BCUT2D eigenvalue weighted by Gasteiger charge is -1.97. The number of imidazole rings is 1. The predicted octanol–water partition coefficient (Wildman–Crippen LogP) is 2.97. The number of aromatic nitrogens is 4. The van der Waals surface area contributed by atoms with Gasteiger partial charge in [-0.25, -0.2) is 9.67 Å². The third kappa shape index (κ3) is 1.73. The minimum atomic E-state index is 0.554. The Balaban J connectivity index is 1.75. The van der Waals surface area contributed by atoms with E-state index in [1.54, 1.807) is 17.1 Å². The maximum atomic E-state index is 5.57. The number of aromatic amines is 1. The van der Waals surface area contributed by atoms with Gasteiger partial charge in [0.1, 0.15) is 23.6 Å². The van der Waals surface area contributed by atoms with Crippen LogP contribution >= 0.6 is 0 Å². The lowest BCUT2D eigenvalue weighted by molar-refractivity contribution is 0.483. The van der Waals surface area contributed by atoms with Crippen LogP contribution in [-0.4, -0.2) is 19.7 Å². The summed E-state index contributed by atoms with van der Waals surface area (Å²) in [6, 6.07) is 7.59. The molecule has 0 radical (unpaired) electrons. The Morgan fingerprint density at radius 3 is 3.00 bits per heavy atom. The zero-order chi connectivity index (χ0) is 13.5. The molecule has 0 saturated heterocycles. The average molecular weight is 268 g/mol. The zero-order valence-corrected chi connectivity index (χ0v) is 10.8. The molecule has 20 heavy (non-hydrogen) atoms. The van der Waals surface area contributed by atoms with Gasteiger partial charge in [-0.3, -0.25) is 0 Å². The van der Waals surface area contributed by atoms with Crippen molar-refractivity contribution in [2.24, 2.45) is 0 Å². The van der Waals surface area contributed by atoms with E-state index in [0.717, 1.165) is 28.4 Å². The molecule has 6 nitrogen and oxygen atoms in total. The number of nitrogens with one attached hydrogen (secondary N) is 1. The highest BCUT2D eigenvalue weighted by Gasteiger charge is 2.13. The first-order valence-electron chi connectivity index (χ1n) is 6.30. The van der Waals surface area contributed by atoms with Gasteiger partial charge in [0.25, 0.3) is 0 Å². The Labute approximate surface area is 114 Å². The molecule has 0 spiro atoms. The summed E-state index contributed by atoms with van der Waals surface area (Å²) in [5.74, 6) is 3.13. The number of rotatable bonds is 3. The Kier molecular flexibility index (Phi) is 2.29. The van der Waals surface area contributed by atoms with E-state index in [0.29, 0.717) is 12.4 Å². The molecule has 0 unspecified atom stereocenters. The molecule has 4 aromatic rings. The van der Waals surface area contributed by atoms with E-state index in [2.05, 4.69) is 15.1 Å². The minimum Gasteiger partial charge on any atom is -0.467 e. The molecule has 0 bridgehead atoms. The molecule has 1 N–H and O–H groups in total. The normalized spacial score (nSPS) is 11.4. The molecule has 4 rings (SSSR count). The van der Waals surface area contributed by atoms with Crippen LogP contribution in [0.4, 0.5) is 0 Å². The van der Waals surface area contributed by atoms with Gasteiger partial charge >= 0.3 is 0 Å². The highest BCUT2D eigenvalue weighted by Crippen LogP contribution is 2.22. The van der Waals surface area contributed by atoms with Gasteiger partial charge in [-0.1, -0.05) is 0 Å². The second kappa shape index (κ2) is 4.12. The van der Waals surface area contributed by atoms with Gasteiger partial charge in [0, 0.05) is 0 Å². The zero-order valence-electron chi connectivity index (χ0n) is 10.8. The van der Waals surface area contributed by atoms with Gasteiger partial charge in [0.15, 0.2) is 17.2 Å². The molecule has 0 saturated carbocycles. The summed E-state index contributed by atoms with van der Waals surface area (Å²) < 4.78 is 12.7. The molecule has 0 aliphatic rings. The monoisotopic (exact) mass is 268 g/mol. The van der Waals surface area contributed by atoms with E-state index in [4.69, 9.17) is 8.83 Å². The van der Waals surface area contributed by atoms with Gasteiger partial charge in [0.05, 0.1) is 12.5 Å². The summed E-state index contributed by atoms with van der Waals surface area (Å²) in [5.41, 5.74) is 1.66. The summed E-state index contributed by atoms with van der Waals surface area (Å²) in [6.07, 6.45) is 3.40. The summed E-state index contributed by atoms with van der Waals surface area (Å²) in [4.78, 5) is 7.75. The molecule has 0 aromatic carbocycles. The van der Waals surface area contributed by atoms with Crippen LogP contribution in [0, 0.1) is 6.92 Å². The standard InChI is InChI=1S/C14H12N4O2/c1-9-4-5-12(20-9)13-16-11-7-15-18(14(11)17-13)8-10-3-2-6-19-10/h2-7H,8H2,1H3,(H,16,17). The van der Waals surface area contributed by atoms with Crippen LogP contribution in [0.3, 0.4) is 0 Å². The van der Waals surface area contributed by atoms with Crippen molar-refractivity contribution in [1.82, 2.24) is 19.7 Å². The van der Waals surface area contributed by atoms with Crippen molar-refractivity contribution in [3.63, 3.8) is 0 Å². The summed E-state index contributed by atoms with van der Waals surface area (Å²) >= 11 is 0. The number of H-pyrrole nitrogens is 1. The third-order valence-electron chi connectivity index (χ3n) is 3.14. The van der Waals surface area contributed by atoms with Crippen LogP contribution in [0.5, 0.6) is 0 Å². The van der Waals surface area contributed by atoms with Crippen molar-refractivity contribution in [1.29, 1.82) is 0 Å². The molecule has 4 aromatic heterocycles. The van der Waals surface area contributed by atoms with Gasteiger partial charge in [-0.15, -0.1) is 0 Å². The van der Waals surface area contributed by atoms with E-state index >= 15 is 0 Å². The van der Waals surface area contributed by atoms with E-state index in [9.17, 15) is 0 Å². The molecule has 0 fully saturated rings. The molecule has 0 aliphatic carbocycles. The first-order chi connectivity index (χ1) is 9.79. The highest BCUT2D eigenvalue weighted by molar-refractivity contribution is 5.74. The second-order valence-electron chi connectivity index (χ2n) is 4.61. The third-order valence-corrected chi connectivity index (χ3v) is 3.14. The quantitative estimate of drug-likeness (QED) is 0.620. The lowest BCUT2D eigenvalue weighted by atomic mass is 10.4. The van der Waals surface area contributed by atoms with Gasteiger partial charge in [0.2, 0.25) is 0 Å². The largest absolute Gasteiger partial charge is 0.467 e. The van der Waals surface area contributed by atoms with Crippen LogP contribution in [0.2, 0.25) is 0 Å². The molecule has 6 heteroatoms. The van der Waals surface area contributed by atoms with Crippen LogP contribution in [0.15, 0.2) is 45.6 Å². The van der Waals surface area contributed by atoms with Gasteiger partial charge in [-0.2, -0.15) is 5.10 Å². The van der Waals surface area contributed by atoms with Crippen LogP contribution in [0.1, 0.15) is 11.5 Å². The van der Waals surface area contributed by atoms with Crippen molar-refractivity contribution in [2.75, 3.05) is 0 Å². The summed E-state index contributed by atoms with van der Waals surface area (Å²) in [7, 11) is 0. The van der Waals surface area contributed by atoms with E-state index < -0.39 is 0 Å². The Morgan fingerprint density at radius 1 is 1.30 bits per heavy atom. The van der Waals surface area contributed by atoms with E-state index in [-0.39, 0.29) is 0 Å². The molecular formula is C14H12N4O2. The highest BCUT2D eigenvalue weighted by atomic mass is 16.3. The Morgan fingerprint density at radius 2 is 2.25 bits per heavy atom. The number of nitrogens with zero attached hydrogens (tertiary/aromatic N) is 3. The van der Waals surface area contributed by atoms with Crippen molar-refractivity contribution in [2.45, 2.75) is 13.5 Å². The fourth-order valence-corrected chi connectivity index (χ4v) is 2.19. The maximum Gasteiger partial charge on any atom is 0.177 e. The number of furan rings is 2. The first-order valence-corrected chi connectivity index (χ1v) is 6.30. The molecule has 0 atom stereocenters. The first kappa shape index (κ1) is 11.1. The summed E-state index contributed by atoms with van der Waals surface area (Å²) in [6.45, 7) is 2.46. The van der Waals surface area contributed by atoms with Crippen molar-refractivity contribution in [3.05, 3.63) is 48.2 Å². The minimum absolute atomic E-state index is 0.554. The van der Waals surface area contributed by atoms with E-state index in [1.165, 1.54) is 0 Å². The molecule has 0 aliphatic heterocycles. The van der Waals surface area contributed by atoms with Gasteiger partial charge in [-0.05, 0) is 31.2 Å². The molecule has 0 amide bonds. The smallest absolute Gasteiger partial charge is 0.177 e. The topological polar surface area (TPSA) is 72.8 Å². The number of hydrogen-bond donors (Lipinski definition) is 1. The second-order valence-corrected chi connectivity index (χ2v) is 4.61. The fourth-order valence-electron chi connectivity index (χ4n) is 2.19.